The summed E-state index contributed by atoms with van der Waals surface area (Å²) in [4.78, 5) is 11.5. The van der Waals surface area contributed by atoms with Crippen molar-refractivity contribution >= 4 is 5.97 Å². The number of esters is 1. The van der Waals surface area contributed by atoms with E-state index in [9.17, 15) is 9.90 Å². The lowest BCUT2D eigenvalue weighted by molar-refractivity contribution is -0.141. The van der Waals surface area contributed by atoms with Crippen LogP contribution in [0.4, 0.5) is 0 Å². The fourth-order valence-corrected chi connectivity index (χ4v) is 8.41. The number of hydrogen-bond acceptors (Lipinski definition) is 3. The number of rotatable bonds is 4. The van der Waals surface area contributed by atoms with Crippen molar-refractivity contribution < 1.29 is 14.6 Å². The molecule has 1 N–H and O–H groups in total. The maximum Gasteiger partial charge on any atom is 0.305 e. The molecular formula is C24H40O3. The highest BCUT2D eigenvalue weighted by Gasteiger charge is 2.59. The zero-order valence-electron chi connectivity index (χ0n) is 17.7. The average molecular weight is 377 g/mol. The first kappa shape index (κ1) is 19.7. The molecule has 8 unspecified atom stereocenters. The number of ether oxygens (including phenoxy) is 1. The van der Waals surface area contributed by atoms with E-state index in [1.165, 1.54) is 58.5 Å². The van der Waals surface area contributed by atoms with Gasteiger partial charge in [-0.1, -0.05) is 13.8 Å². The van der Waals surface area contributed by atoms with Crippen LogP contribution >= 0.6 is 0 Å². The Labute approximate surface area is 165 Å². The van der Waals surface area contributed by atoms with E-state index in [-0.39, 0.29) is 12.1 Å². The molecule has 0 aromatic heterocycles. The summed E-state index contributed by atoms with van der Waals surface area (Å²) in [6.07, 6.45) is 14.3. The highest BCUT2D eigenvalue weighted by molar-refractivity contribution is 5.68. The fraction of sp³-hybridized carbons (Fsp3) is 0.958. The van der Waals surface area contributed by atoms with Gasteiger partial charge in [0.15, 0.2) is 0 Å². The minimum absolute atomic E-state index is 0.0425. The number of fused-ring (bicyclic) bond motifs is 5. The largest absolute Gasteiger partial charge is 0.469 e. The first-order chi connectivity index (χ1) is 12.9. The van der Waals surface area contributed by atoms with Gasteiger partial charge in [0.05, 0.1) is 13.2 Å². The molecule has 154 valence electrons. The number of aliphatic hydroxyl groups is 1. The predicted molar refractivity (Wildman–Crippen MR) is 107 cm³/mol. The lowest BCUT2D eigenvalue weighted by atomic mass is 9.44. The molecule has 27 heavy (non-hydrogen) atoms. The van der Waals surface area contributed by atoms with Gasteiger partial charge in [-0.25, -0.2) is 0 Å². The van der Waals surface area contributed by atoms with Gasteiger partial charge in [-0.3, -0.25) is 4.79 Å². The quantitative estimate of drug-likeness (QED) is 0.673. The van der Waals surface area contributed by atoms with Gasteiger partial charge in [-0.15, -0.1) is 0 Å². The number of hydrogen-bond donors (Lipinski definition) is 1. The molecular weight excluding hydrogens is 336 g/mol. The van der Waals surface area contributed by atoms with Gasteiger partial charge in [0.1, 0.15) is 0 Å². The van der Waals surface area contributed by atoms with Gasteiger partial charge in [0.25, 0.3) is 0 Å². The molecule has 4 rings (SSSR count). The predicted octanol–water partition coefficient (Wildman–Crippen LogP) is 5.35. The van der Waals surface area contributed by atoms with Crippen molar-refractivity contribution in [2.24, 2.45) is 40.4 Å². The Morgan fingerprint density at radius 1 is 1.00 bits per heavy atom. The Kier molecular flexibility index (Phi) is 5.37. The van der Waals surface area contributed by atoms with Gasteiger partial charge in [0, 0.05) is 6.42 Å². The molecule has 0 saturated heterocycles. The molecule has 3 nitrogen and oxygen atoms in total. The number of methoxy groups -OCH3 is 1. The van der Waals surface area contributed by atoms with Gasteiger partial charge < -0.3 is 9.84 Å². The van der Waals surface area contributed by atoms with E-state index in [1.807, 2.05) is 0 Å². The van der Waals surface area contributed by atoms with E-state index in [1.54, 1.807) is 0 Å². The van der Waals surface area contributed by atoms with E-state index in [0.29, 0.717) is 17.3 Å². The van der Waals surface area contributed by atoms with Crippen LogP contribution in [0.5, 0.6) is 0 Å². The first-order valence-electron chi connectivity index (χ1n) is 11.6. The van der Waals surface area contributed by atoms with Crippen LogP contribution in [0, 0.1) is 40.4 Å². The molecule has 0 amide bonds. The van der Waals surface area contributed by atoms with E-state index in [2.05, 4.69) is 13.8 Å². The number of carbonyl (C=O) groups excluding carboxylic acids is 1. The third kappa shape index (κ3) is 3.26. The third-order valence-electron chi connectivity index (χ3n) is 10.00. The highest BCUT2D eigenvalue weighted by atomic mass is 16.5. The second kappa shape index (κ2) is 7.35. The minimum atomic E-state index is -0.0517. The van der Waals surface area contributed by atoms with E-state index in [4.69, 9.17) is 4.74 Å². The molecule has 4 aliphatic rings. The second-order valence-corrected chi connectivity index (χ2v) is 10.9. The van der Waals surface area contributed by atoms with Crippen molar-refractivity contribution in [2.75, 3.05) is 7.11 Å². The van der Waals surface area contributed by atoms with Crippen LogP contribution in [-0.4, -0.2) is 24.3 Å². The molecule has 0 spiro atoms. The summed E-state index contributed by atoms with van der Waals surface area (Å²) in [5.74, 6) is 4.19. The molecule has 4 saturated carbocycles. The monoisotopic (exact) mass is 376 g/mol. The normalized spacial score (nSPS) is 49.0. The second-order valence-electron chi connectivity index (χ2n) is 10.9. The van der Waals surface area contributed by atoms with Gasteiger partial charge in [-0.2, -0.15) is 0 Å². The smallest absolute Gasteiger partial charge is 0.305 e. The average Bonchev–Trinajstić information content (AvgIpc) is 2.99. The summed E-state index contributed by atoms with van der Waals surface area (Å²) in [6, 6.07) is 0. The summed E-state index contributed by atoms with van der Waals surface area (Å²) in [7, 11) is 1.50. The Hall–Kier alpha value is -0.570. The van der Waals surface area contributed by atoms with Crippen molar-refractivity contribution in [1.29, 1.82) is 0 Å². The van der Waals surface area contributed by atoms with Crippen LogP contribution < -0.4 is 0 Å². The zero-order chi connectivity index (χ0) is 19.2. The summed E-state index contributed by atoms with van der Waals surface area (Å²) in [5, 5.41) is 10.2. The minimum Gasteiger partial charge on any atom is -0.469 e. The van der Waals surface area contributed by atoms with Crippen LogP contribution in [0.15, 0.2) is 0 Å². The zero-order valence-corrected chi connectivity index (χ0v) is 17.7. The Bertz CT molecular complexity index is 560. The molecule has 0 heterocycles. The molecule has 4 fully saturated rings. The number of aliphatic hydroxyl groups excluding tert-OH is 1. The van der Waals surface area contributed by atoms with Gasteiger partial charge in [-0.05, 0) is 111 Å². The maximum absolute atomic E-state index is 11.5. The first-order valence-corrected chi connectivity index (χ1v) is 11.6. The van der Waals surface area contributed by atoms with Crippen LogP contribution in [0.1, 0.15) is 90.9 Å². The van der Waals surface area contributed by atoms with E-state index >= 15 is 0 Å². The van der Waals surface area contributed by atoms with E-state index in [0.717, 1.165) is 48.9 Å². The molecule has 0 aromatic carbocycles. The summed E-state index contributed by atoms with van der Waals surface area (Å²) < 4.78 is 4.83. The molecule has 0 bridgehead atoms. The summed E-state index contributed by atoms with van der Waals surface area (Å²) >= 11 is 0. The molecule has 0 aliphatic heterocycles. The highest BCUT2D eigenvalue weighted by Crippen LogP contribution is 2.67. The van der Waals surface area contributed by atoms with Crippen molar-refractivity contribution in [2.45, 2.75) is 97.0 Å². The van der Waals surface area contributed by atoms with E-state index < -0.39 is 0 Å². The SMILES string of the molecule is COC(=O)CCCC1CCC2C3CCC4CC(O)CCC4(C)C3CCC12C. The van der Waals surface area contributed by atoms with Crippen molar-refractivity contribution in [3.05, 3.63) is 0 Å². The topological polar surface area (TPSA) is 46.5 Å². The lowest BCUT2D eigenvalue weighted by Gasteiger charge is -2.61. The fourth-order valence-electron chi connectivity index (χ4n) is 8.41. The molecule has 8 atom stereocenters. The van der Waals surface area contributed by atoms with Crippen molar-refractivity contribution in [3.63, 3.8) is 0 Å². The third-order valence-corrected chi connectivity index (χ3v) is 10.00. The summed E-state index contributed by atoms with van der Waals surface area (Å²) in [6.45, 7) is 5.16. The van der Waals surface area contributed by atoms with Crippen LogP contribution in [0.2, 0.25) is 0 Å². The number of carbonyl (C=O) groups is 1. The molecule has 0 radical (unpaired) electrons. The molecule has 4 aliphatic carbocycles. The van der Waals surface area contributed by atoms with Crippen molar-refractivity contribution in [1.82, 2.24) is 0 Å². The molecule has 3 heteroatoms. The Morgan fingerprint density at radius 3 is 2.52 bits per heavy atom. The standard InChI is InChI=1S/C24H40O3/c1-23-14-12-21-19(9-7-17-15-18(25)11-13-24(17,21)2)20(23)10-8-16(23)5-4-6-22(26)27-3/h16-21,25H,4-15H2,1-3H3. The maximum atomic E-state index is 11.5. The molecule has 0 aromatic rings. The van der Waals surface area contributed by atoms with Crippen molar-refractivity contribution in [3.8, 4) is 0 Å². The summed E-state index contributed by atoms with van der Waals surface area (Å²) in [5.41, 5.74) is 0.973. The lowest BCUT2D eigenvalue weighted by Crippen LogP contribution is -2.53. The van der Waals surface area contributed by atoms with Gasteiger partial charge >= 0.3 is 5.97 Å². The Morgan fingerprint density at radius 2 is 1.74 bits per heavy atom. The van der Waals surface area contributed by atoms with Crippen LogP contribution in [0.25, 0.3) is 0 Å². The van der Waals surface area contributed by atoms with Gasteiger partial charge in [0.2, 0.25) is 0 Å². The van der Waals surface area contributed by atoms with Crippen LogP contribution in [0.3, 0.4) is 0 Å². The Balaban J connectivity index is 1.45. The van der Waals surface area contributed by atoms with Crippen LogP contribution in [-0.2, 0) is 9.53 Å².